The van der Waals surface area contributed by atoms with Gasteiger partial charge in [-0.2, -0.15) is 6.42 Å². The van der Waals surface area contributed by atoms with Crippen LogP contribution in [0, 0.1) is 18.8 Å². The van der Waals surface area contributed by atoms with E-state index >= 15 is 0 Å². The molecule has 0 bridgehead atoms. The van der Waals surface area contributed by atoms with Crippen molar-refractivity contribution in [3.05, 3.63) is 6.92 Å². The summed E-state index contributed by atoms with van der Waals surface area (Å²) in [5, 5.41) is 0. The summed E-state index contributed by atoms with van der Waals surface area (Å²) < 4.78 is 5.79. The highest BCUT2D eigenvalue weighted by Gasteiger charge is 2.33. The average molecular weight is 167 g/mol. The van der Waals surface area contributed by atoms with Gasteiger partial charge in [-0.15, -0.1) is 0 Å². The Morgan fingerprint density at radius 3 is 2.92 bits per heavy atom. The third-order valence-corrected chi connectivity index (χ3v) is 3.53. The first-order valence-electron chi connectivity index (χ1n) is 5.32. The number of fused-ring (bicyclic) bond motifs is 1. The lowest BCUT2D eigenvalue weighted by atomic mass is 9.73. The molecule has 0 N–H and O–H groups in total. The molecular formula is C11H19O-. The van der Waals surface area contributed by atoms with Crippen LogP contribution in [0.4, 0.5) is 0 Å². The maximum Gasteiger partial charge on any atom is 0.0605 e. The molecular weight excluding hydrogens is 148 g/mol. The van der Waals surface area contributed by atoms with E-state index in [0.29, 0.717) is 6.10 Å². The van der Waals surface area contributed by atoms with Crippen LogP contribution in [0.2, 0.25) is 0 Å². The van der Waals surface area contributed by atoms with Crippen molar-refractivity contribution in [2.24, 2.45) is 11.8 Å². The minimum absolute atomic E-state index is 0.597. The lowest BCUT2D eigenvalue weighted by Crippen LogP contribution is -2.37. The molecule has 1 heteroatoms. The Balaban J connectivity index is 1.99. The molecule has 2 aliphatic rings. The second kappa shape index (κ2) is 3.78. The normalized spacial score (nSPS) is 42.2. The van der Waals surface area contributed by atoms with E-state index < -0.39 is 0 Å². The molecule has 12 heavy (non-hydrogen) atoms. The first kappa shape index (κ1) is 8.55. The Labute approximate surface area is 75.5 Å². The van der Waals surface area contributed by atoms with Crippen molar-refractivity contribution in [3.63, 3.8) is 0 Å². The molecule has 1 aliphatic heterocycles. The van der Waals surface area contributed by atoms with Gasteiger partial charge in [-0.3, -0.25) is 0 Å². The van der Waals surface area contributed by atoms with Crippen LogP contribution >= 0.6 is 0 Å². The van der Waals surface area contributed by atoms with Crippen LogP contribution in [-0.4, -0.2) is 12.7 Å². The SMILES string of the molecule is [CH2-]CC1CCCC2OCCCC12. The molecule has 1 saturated heterocycles. The minimum atomic E-state index is 0.597. The van der Waals surface area contributed by atoms with Crippen molar-refractivity contribution >= 4 is 0 Å². The summed E-state index contributed by atoms with van der Waals surface area (Å²) in [7, 11) is 0. The van der Waals surface area contributed by atoms with Crippen molar-refractivity contribution in [2.75, 3.05) is 6.61 Å². The first-order chi connectivity index (χ1) is 5.92. The zero-order chi connectivity index (χ0) is 8.39. The monoisotopic (exact) mass is 167 g/mol. The Bertz CT molecular complexity index is 135. The van der Waals surface area contributed by atoms with Gasteiger partial charge in [0.1, 0.15) is 0 Å². The predicted molar refractivity (Wildman–Crippen MR) is 49.8 cm³/mol. The van der Waals surface area contributed by atoms with Crippen LogP contribution in [0.25, 0.3) is 0 Å². The molecule has 1 saturated carbocycles. The molecule has 2 rings (SSSR count). The van der Waals surface area contributed by atoms with Gasteiger partial charge in [0.25, 0.3) is 0 Å². The maximum atomic E-state index is 5.79. The van der Waals surface area contributed by atoms with E-state index in [4.69, 9.17) is 4.74 Å². The molecule has 2 fully saturated rings. The Morgan fingerprint density at radius 1 is 1.17 bits per heavy atom. The van der Waals surface area contributed by atoms with Crippen LogP contribution < -0.4 is 0 Å². The molecule has 0 spiro atoms. The topological polar surface area (TPSA) is 9.23 Å². The van der Waals surface area contributed by atoms with Gasteiger partial charge < -0.3 is 11.7 Å². The number of ether oxygens (including phenoxy) is 1. The van der Waals surface area contributed by atoms with Crippen LogP contribution in [0.3, 0.4) is 0 Å². The van der Waals surface area contributed by atoms with E-state index in [-0.39, 0.29) is 0 Å². The van der Waals surface area contributed by atoms with Gasteiger partial charge in [0.2, 0.25) is 0 Å². The Morgan fingerprint density at radius 2 is 2.08 bits per heavy atom. The Kier molecular flexibility index (Phi) is 2.69. The van der Waals surface area contributed by atoms with Gasteiger partial charge in [0.05, 0.1) is 6.10 Å². The molecule has 0 radical (unpaired) electrons. The molecule has 0 aromatic rings. The van der Waals surface area contributed by atoms with Gasteiger partial charge in [0.15, 0.2) is 0 Å². The van der Waals surface area contributed by atoms with Crippen LogP contribution in [0.1, 0.15) is 38.5 Å². The zero-order valence-corrected chi connectivity index (χ0v) is 7.80. The highest BCUT2D eigenvalue weighted by atomic mass is 16.5. The first-order valence-corrected chi connectivity index (χ1v) is 5.32. The number of rotatable bonds is 1. The number of hydrogen-bond donors (Lipinski definition) is 0. The standard InChI is InChI=1S/C11H19O/c1-2-9-5-3-7-11-10(9)6-4-8-12-11/h9-11H,1-8H2/q-1. The summed E-state index contributed by atoms with van der Waals surface area (Å²) >= 11 is 0. The summed E-state index contributed by atoms with van der Waals surface area (Å²) in [6.45, 7) is 5.05. The highest BCUT2D eigenvalue weighted by Crippen LogP contribution is 2.39. The van der Waals surface area contributed by atoms with E-state index in [2.05, 4.69) is 6.92 Å². The van der Waals surface area contributed by atoms with Gasteiger partial charge in [-0.25, -0.2) is 0 Å². The Hall–Kier alpha value is -0.0400. The van der Waals surface area contributed by atoms with E-state index in [9.17, 15) is 0 Å². The summed E-state index contributed by atoms with van der Waals surface area (Å²) in [6, 6.07) is 0. The summed E-state index contributed by atoms with van der Waals surface area (Å²) in [5.41, 5.74) is 0. The van der Waals surface area contributed by atoms with Crippen LogP contribution in [-0.2, 0) is 4.74 Å². The molecule has 0 aromatic heterocycles. The molecule has 70 valence electrons. The smallest absolute Gasteiger partial charge is 0.0605 e. The second-order valence-electron chi connectivity index (χ2n) is 4.19. The van der Waals surface area contributed by atoms with Gasteiger partial charge >= 0.3 is 0 Å². The minimum Gasteiger partial charge on any atom is -0.378 e. The van der Waals surface area contributed by atoms with Crippen molar-refractivity contribution in [1.82, 2.24) is 0 Å². The van der Waals surface area contributed by atoms with Crippen molar-refractivity contribution in [3.8, 4) is 0 Å². The zero-order valence-electron chi connectivity index (χ0n) is 7.80. The predicted octanol–water partition coefficient (Wildman–Crippen LogP) is 2.81. The summed E-state index contributed by atoms with van der Waals surface area (Å²) in [4.78, 5) is 0. The van der Waals surface area contributed by atoms with Gasteiger partial charge in [0, 0.05) is 6.61 Å². The van der Waals surface area contributed by atoms with Crippen molar-refractivity contribution in [2.45, 2.75) is 44.6 Å². The van der Waals surface area contributed by atoms with E-state index in [1.54, 1.807) is 0 Å². The fraction of sp³-hybridized carbons (Fsp3) is 0.909. The third kappa shape index (κ3) is 1.52. The van der Waals surface area contributed by atoms with Crippen LogP contribution in [0.5, 0.6) is 0 Å². The summed E-state index contributed by atoms with van der Waals surface area (Å²) in [6.07, 6.45) is 8.45. The molecule has 3 unspecified atom stereocenters. The fourth-order valence-corrected chi connectivity index (χ4v) is 2.85. The largest absolute Gasteiger partial charge is 0.378 e. The third-order valence-electron chi connectivity index (χ3n) is 3.53. The molecule has 1 heterocycles. The number of hydrogen-bond acceptors (Lipinski definition) is 1. The van der Waals surface area contributed by atoms with E-state index in [1.807, 2.05) is 0 Å². The highest BCUT2D eigenvalue weighted by molar-refractivity contribution is 4.85. The quantitative estimate of drug-likeness (QED) is 0.546. The van der Waals surface area contributed by atoms with E-state index in [0.717, 1.165) is 24.9 Å². The lowest BCUT2D eigenvalue weighted by Gasteiger charge is -2.42. The average Bonchev–Trinajstić information content (AvgIpc) is 2.17. The summed E-state index contributed by atoms with van der Waals surface area (Å²) in [5.74, 6) is 1.72. The van der Waals surface area contributed by atoms with Gasteiger partial charge in [-0.1, -0.05) is 18.8 Å². The van der Waals surface area contributed by atoms with Crippen LogP contribution in [0.15, 0.2) is 0 Å². The van der Waals surface area contributed by atoms with Crippen molar-refractivity contribution in [1.29, 1.82) is 0 Å². The molecule has 1 nitrogen and oxygen atoms in total. The second-order valence-corrected chi connectivity index (χ2v) is 4.19. The van der Waals surface area contributed by atoms with Crippen molar-refractivity contribution < 1.29 is 4.74 Å². The van der Waals surface area contributed by atoms with E-state index in [1.165, 1.54) is 32.1 Å². The van der Waals surface area contributed by atoms with Gasteiger partial charge in [-0.05, 0) is 25.2 Å². The molecule has 0 amide bonds. The molecule has 3 atom stereocenters. The lowest BCUT2D eigenvalue weighted by molar-refractivity contribution is -0.0687. The molecule has 0 aromatic carbocycles. The maximum absolute atomic E-state index is 5.79. The fourth-order valence-electron chi connectivity index (χ4n) is 2.85. The molecule has 1 aliphatic carbocycles.